The highest BCUT2D eigenvalue weighted by molar-refractivity contribution is 9.10. The minimum Gasteiger partial charge on any atom is -0.409 e. The summed E-state index contributed by atoms with van der Waals surface area (Å²) in [4.78, 5) is 2.33. The number of nitrogens with two attached hydrogens (primary N) is 1. The summed E-state index contributed by atoms with van der Waals surface area (Å²) >= 11 is 3.44. The Morgan fingerprint density at radius 3 is 2.65 bits per heavy atom. The van der Waals surface area contributed by atoms with E-state index in [0.29, 0.717) is 5.41 Å². The fourth-order valence-electron chi connectivity index (χ4n) is 2.68. The molecule has 0 saturated carbocycles. The zero-order chi connectivity index (χ0) is 14.8. The SMILES string of the molecule is CCC1(C)CCN(c2ccc(Br)cc2/C(N)=N/O)CC1. The molecule has 110 valence electrons. The Morgan fingerprint density at radius 1 is 1.45 bits per heavy atom. The van der Waals surface area contributed by atoms with Crippen molar-refractivity contribution in [3.8, 4) is 0 Å². The van der Waals surface area contributed by atoms with Gasteiger partial charge in [0.05, 0.1) is 0 Å². The van der Waals surface area contributed by atoms with Crippen molar-refractivity contribution < 1.29 is 5.21 Å². The van der Waals surface area contributed by atoms with Crippen molar-refractivity contribution >= 4 is 27.5 Å². The van der Waals surface area contributed by atoms with E-state index in [0.717, 1.165) is 28.8 Å². The lowest BCUT2D eigenvalue weighted by molar-refractivity contribution is 0.238. The highest BCUT2D eigenvalue weighted by atomic mass is 79.9. The fourth-order valence-corrected chi connectivity index (χ4v) is 3.05. The summed E-state index contributed by atoms with van der Waals surface area (Å²) in [5, 5.41) is 12.1. The van der Waals surface area contributed by atoms with Crippen molar-refractivity contribution in [3.63, 3.8) is 0 Å². The molecule has 0 radical (unpaired) electrons. The number of halogens is 1. The van der Waals surface area contributed by atoms with Gasteiger partial charge in [0.1, 0.15) is 0 Å². The molecule has 1 aliphatic heterocycles. The van der Waals surface area contributed by atoms with E-state index in [1.165, 1.54) is 19.3 Å². The van der Waals surface area contributed by atoms with E-state index in [1.807, 2.05) is 18.2 Å². The predicted octanol–water partition coefficient (Wildman–Crippen LogP) is 3.56. The molecular weight excluding hydrogens is 318 g/mol. The Kier molecular flexibility index (Phi) is 4.58. The van der Waals surface area contributed by atoms with Crippen molar-refractivity contribution in [2.24, 2.45) is 16.3 Å². The molecule has 0 aromatic heterocycles. The zero-order valence-corrected chi connectivity index (χ0v) is 13.7. The topological polar surface area (TPSA) is 61.8 Å². The van der Waals surface area contributed by atoms with Gasteiger partial charge in [-0.25, -0.2) is 0 Å². The number of nitrogens with zero attached hydrogens (tertiary/aromatic N) is 2. The molecule has 1 aromatic carbocycles. The number of amidine groups is 1. The zero-order valence-electron chi connectivity index (χ0n) is 12.1. The average molecular weight is 340 g/mol. The van der Waals surface area contributed by atoms with Crippen LogP contribution in [0.1, 0.15) is 38.7 Å². The van der Waals surface area contributed by atoms with Crippen LogP contribution in [0.4, 0.5) is 5.69 Å². The third kappa shape index (κ3) is 3.08. The molecule has 1 heterocycles. The average Bonchev–Trinajstić information content (AvgIpc) is 2.47. The monoisotopic (exact) mass is 339 g/mol. The summed E-state index contributed by atoms with van der Waals surface area (Å²) < 4.78 is 0.929. The van der Waals surface area contributed by atoms with Crippen LogP contribution in [-0.2, 0) is 0 Å². The van der Waals surface area contributed by atoms with E-state index in [9.17, 15) is 0 Å². The van der Waals surface area contributed by atoms with Gasteiger partial charge >= 0.3 is 0 Å². The summed E-state index contributed by atoms with van der Waals surface area (Å²) in [7, 11) is 0. The van der Waals surface area contributed by atoms with Gasteiger partial charge in [-0.05, 0) is 36.5 Å². The smallest absolute Gasteiger partial charge is 0.172 e. The molecule has 5 heteroatoms. The second kappa shape index (κ2) is 6.04. The van der Waals surface area contributed by atoms with Gasteiger partial charge in [-0.1, -0.05) is 41.4 Å². The molecule has 0 unspecified atom stereocenters. The minimum atomic E-state index is 0.158. The van der Waals surface area contributed by atoms with Crippen LogP contribution in [0.3, 0.4) is 0 Å². The van der Waals surface area contributed by atoms with Crippen molar-refractivity contribution in [2.45, 2.75) is 33.1 Å². The second-order valence-electron chi connectivity index (χ2n) is 5.80. The molecule has 1 aromatic rings. The van der Waals surface area contributed by atoms with Gasteiger partial charge in [0.2, 0.25) is 0 Å². The lowest BCUT2D eigenvalue weighted by Gasteiger charge is -2.40. The molecule has 1 aliphatic rings. The lowest BCUT2D eigenvalue weighted by atomic mass is 9.78. The van der Waals surface area contributed by atoms with Gasteiger partial charge < -0.3 is 15.8 Å². The molecule has 0 aliphatic carbocycles. The van der Waals surface area contributed by atoms with Crippen LogP contribution >= 0.6 is 15.9 Å². The van der Waals surface area contributed by atoms with E-state index < -0.39 is 0 Å². The summed E-state index contributed by atoms with van der Waals surface area (Å²) in [6.07, 6.45) is 3.57. The highest BCUT2D eigenvalue weighted by Gasteiger charge is 2.29. The first kappa shape index (κ1) is 15.2. The Labute approximate surface area is 128 Å². The van der Waals surface area contributed by atoms with Crippen LogP contribution in [0, 0.1) is 5.41 Å². The van der Waals surface area contributed by atoms with E-state index in [2.05, 4.69) is 39.8 Å². The van der Waals surface area contributed by atoms with Gasteiger partial charge in [0, 0.05) is 28.8 Å². The lowest BCUT2D eigenvalue weighted by Crippen LogP contribution is -2.39. The quantitative estimate of drug-likeness (QED) is 0.383. The Hall–Kier alpha value is -1.23. The van der Waals surface area contributed by atoms with Crippen LogP contribution < -0.4 is 10.6 Å². The molecule has 3 N–H and O–H groups in total. The normalized spacial score (nSPS) is 19.1. The molecule has 0 bridgehead atoms. The minimum absolute atomic E-state index is 0.158. The largest absolute Gasteiger partial charge is 0.409 e. The number of piperidine rings is 1. The third-order valence-electron chi connectivity index (χ3n) is 4.51. The number of anilines is 1. The van der Waals surface area contributed by atoms with E-state index in [-0.39, 0.29) is 5.84 Å². The molecule has 1 fully saturated rings. The van der Waals surface area contributed by atoms with Crippen LogP contribution in [0.2, 0.25) is 0 Å². The Balaban J connectivity index is 2.26. The number of benzene rings is 1. The summed E-state index contributed by atoms with van der Waals surface area (Å²) in [5.41, 5.74) is 8.07. The predicted molar refractivity (Wildman–Crippen MR) is 86.5 cm³/mol. The number of oxime groups is 1. The fraction of sp³-hybridized carbons (Fsp3) is 0.533. The molecule has 0 spiro atoms. The van der Waals surface area contributed by atoms with Gasteiger partial charge in [-0.2, -0.15) is 0 Å². The van der Waals surface area contributed by atoms with E-state index in [4.69, 9.17) is 10.9 Å². The van der Waals surface area contributed by atoms with Gasteiger partial charge in [-0.15, -0.1) is 0 Å². The highest BCUT2D eigenvalue weighted by Crippen LogP contribution is 2.36. The van der Waals surface area contributed by atoms with Crippen LogP contribution in [-0.4, -0.2) is 24.1 Å². The van der Waals surface area contributed by atoms with Crippen molar-refractivity contribution in [1.29, 1.82) is 0 Å². The van der Waals surface area contributed by atoms with E-state index in [1.54, 1.807) is 0 Å². The third-order valence-corrected chi connectivity index (χ3v) is 5.00. The van der Waals surface area contributed by atoms with Crippen LogP contribution in [0.15, 0.2) is 27.8 Å². The van der Waals surface area contributed by atoms with Crippen molar-refractivity contribution in [3.05, 3.63) is 28.2 Å². The molecule has 2 rings (SSSR count). The number of hydrogen-bond acceptors (Lipinski definition) is 3. The first-order chi connectivity index (χ1) is 9.49. The molecular formula is C15H22BrN3O. The molecule has 20 heavy (non-hydrogen) atoms. The Morgan fingerprint density at radius 2 is 2.10 bits per heavy atom. The first-order valence-corrected chi connectivity index (χ1v) is 7.81. The first-order valence-electron chi connectivity index (χ1n) is 7.01. The maximum Gasteiger partial charge on any atom is 0.172 e. The summed E-state index contributed by atoms with van der Waals surface area (Å²) in [5.74, 6) is 0.158. The number of hydrogen-bond donors (Lipinski definition) is 2. The van der Waals surface area contributed by atoms with Gasteiger partial charge in [-0.3, -0.25) is 0 Å². The second-order valence-corrected chi connectivity index (χ2v) is 6.71. The summed E-state index contributed by atoms with van der Waals surface area (Å²) in [6.45, 7) is 6.64. The van der Waals surface area contributed by atoms with Gasteiger partial charge in [0.25, 0.3) is 0 Å². The molecule has 4 nitrogen and oxygen atoms in total. The summed E-state index contributed by atoms with van der Waals surface area (Å²) in [6, 6.07) is 5.93. The van der Waals surface area contributed by atoms with Crippen LogP contribution in [0.25, 0.3) is 0 Å². The Bertz CT molecular complexity index is 508. The molecule has 0 atom stereocenters. The van der Waals surface area contributed by atoms with E-state index >= 15 is 0 Å². The van der Waals surface area contributed by atoms with Crippen LogP contribution in [0.5, 0.6) is 0 Å². The maximum atomic E-state index is 8.95. The standard InChI is InChI=1S/C15H22BrN3O/c1-3-15(2)6-8-19(9-7-15)13-5-4-11(16)10-12(13)14(17)18-20/h4-5,10,20H,3,6-9H2,1-2H3,(H2,17,18). The molecule has 1 saturated heterocycles. The van der Waals surface area contributed by atoms with Gasteiger partial charge in [0.15, 0.2) is 5.84 Å². The van der Waals surface area contributed by atoms with Crippen molar-refractivity contribution in [2.75, 3.05) is 18.0 Å². The number of rotatable bonds is 3. The molecule has 0 amide bonds. The van der Waals surface area contributed by atoms with Crippen molar-refractivity contribution in [1.82, 2.24) is 0 Å². The maximum absolute atomic E-state index is 8.95.